The minimum atomic E-state index is 0.426. The molecule has 0 radical (unpaired) electrons. The van der Waals surface area contributed by atoms with Gasteiger partial charge in [-0.2, -0.15) is 0 Å². The van der Waals surface area contributed by atoms with Crippen molar-refractivity contribution < 1.29 is 9.15 Å². The number of methoxy groups -OCH3 is 1. The van der Waals surface area contributed by atoms with E-state index in [0.29, 0.717) is 12.6 Å². The third kappa shape index (κ3) is 3.20. The first-order valence-electron chi connectivity index (χ1n) is 8.41. The number of hydrogen-bond donors (Lipinski definition) is 0. The predicted octanol–water partition coefficient (Wildman–Crippen LogP) is 3.01. The molecule has 0 atom stereocenters. The maximum absolute atomic E-state index is 5.93. The van der Waals surface area contributed by atoms with Crippen LogP contribution in [0.1, 0.15) is 30.3 Å². The van der Waals surface area contributed by atoms with E-state index in [2.05, 4.69) is 27.3 Å². The number of nitrogens with zero attached hydrogens (tertiary/aromatic N) is 4. The Morgan fingerprint density at radius 2 is 2.08 bits per heavy atom. The van der Waals surface area contributed by atoms with Gasteiger partial charge in [0.2, 0.25) is 0 Å². The maximum Gasteiger partial charge on any atom is 0.134 e. The van der Waals surface area contributed by atoms with E-state index in [0.717, 1.165) is 49.5 Å². The minimum absolute atomic E-state index is 0.426. The molecule has 1 saturated heterocycles. The van der Waals surface area contributed by atoms with Crippen LogP contribution in [0.3, 0.4) is 0 Å². The van der Waals surface area contributed by atoms with Gasteiger partial charge in [0.05, 0.1) is 25.4 Å². The summed E-state index contributed by atoms with van der Waals surface area (Å²) in [5.74, 6) is 1.04. The number of furan rings is 1. The Labute approximate surface area is 141 Å². The van der Waals surface area contributed by atoms with E-state index >= 15 is 0 Å². The van der Waals surface area contributed by atoms with Crippen molar-refractivity contribution in [2.45, 2.75) is 32.0 Å². The summed E-state index contributed by atoms with van der Waals surface area (Å²) in [4.78, 5) is 2.45. The van der Waals surface area contributed by atoms with Crippen molar-refractivity contribution in [3.8, 4) is 0 Å². The molecule has 1 fully saturated rings. The number of likely N-dealkylation sites (tertiary alicyclic amines) is 1. The third-order valence-electron chi connectivity index (χ3n) is 4.64. The number of ether oxygens (including phenoxy) is 1. The highest BCUT2D eigenvalue weighted by Gasteiger charge is 2.22. The first-order valence-corrected chi connectivity index (χ1v) is 8.41. The molecule has 0 bridgehead atoms. The molecule has 1 aliphatic heterocycles. The van der Waals surface area contributed by atoms with Crippen LogP contribution in [0.4, 0.5) is 0 Å². The summed E-state index contributed by atoms with van der Waals surface area (Å²) in [5, 5.41) is 9.57. The number of aromatic nitrogens is 3. The fourth-order valence-corrected chi connectivity index (χ4v) is 3.38. The SMILES string of the molecule is COCc1cn(C2CCN(Cc3cc4ccccc4o3)CC2)nn1. The van der Waals surface area contributed by atoms with Crippen molar-refractivity contribution in [3.63, 3.8) is 0 Å². The second-order valence-corrected chi connectivity index (χ2v) is 6.38. The van der Waals surface area contributed by atoms with E-state index in [-0.39, 0.29) is 0 Å². The highest BCUT2D eigenvalue weighted by Crippen LogP contribution is 2.25. The van der Waals surface area contributed by atoms with E-state index in [1.54, 1.807) is 7.11 Å². The van der Waals surface area contributed by atoms with E-state index in [1.807, 2.05) is 29.1 Å². The monoisotopic (exact) mass is 326 g/mol. The van der Waals surface area contributed by atoms with Crippen LogP contribution in [0.25, 0.3) is 11.0 Å². The van der Waals surface area contributed by atoms with Crippen LogP contribution >= 0.6 is 0 Å². The van der Waals surface area contributed by atoms with Crippen molar-refractivity contribution in [3.05, 3.63) is 48.0 Å². The molecule has 1 aromatic carbocycles. The summed E-state index contributed by atoms with van der Waals surface area (Å²) in [6.45, 7) is 3.47. The molecule has 126 valence electrons. The van der Waals surface area contributed by atoms with Crippen molar-refractivity contribution >= 4 is 11.0 Å². The lowest BCUT2D eigenvalue weighted by Crippen LogP contribution is -2.34. The van der Waals surface area contributed by atoms with Gasteiger partial charge in [0.1, 0.15) is 17.0 Å². The van der Waals surface area contributed by atoms with Gasteiger partial charge in [-0.15, -0.1) is 5.10 Å². The third-order valence-corrected chi connectivity index (χ3v) is 4.64. The molecule has 3 aromatic rings. The zero-order valence-electron chi connectivity index (χ0n) is 13.9. The molecule has 3 heterocycles. The molecule has 0 amide bonds. The van der Waals surface area contributed by atoms with E-state index < -0.39 is 0 Å². The van der Waals surface area contributed by atoms with Gasteiger partial charge in [0, 0.05) is 25.6 Å². The first kappa shape index (κ1) is 15.4. The number of piperidine rings is 1. The second-order valence-electron chi connectivity index (χ2n) is 6.38. The summed E-state index contributed by atoms with van der Waals surface area (Å²) in [6, 6.07) is 10.7. The van der Waals surface area contributed by atoms with Gasteiger partial charge in [0.15, 0.2) is 0 Å². The van der Waals surface area contributed by atoms with Gasteiger partial charge in [0.25, 0.3) is 0 Å². The molecule has 2 aromatic heterocycles. The summed E-state index contributed by atoms with van der Waals surface area (Å²) < 4.78 is 13.0. The quantitative estimate of drug-likeness (QED) is 0.721. The predicted molar refractivity (Wildman–Crippen MR) is 90.5 cm³/mol. The Balaban J connectivity index is 1.35. The van der Waals surface area contributed by atoms with Crippen LogP contribution < -0.4 is 0 Å². The molecule has 24 heavy (non-hydrogen) atoms. The van der Waals surface area contributed by atoms with Gasteiger partial charge < -0.3 is 9.15 Å². The summed E-state index contributed by atoms with van der Waals surface area (Å²) in [6.07, 6.45) is 4.16. The van der Waals surface area contributed by atoms with Gasteiger partial charge in [-0.05, 0) is 25.0 Å². The normalized spacial score (nSPS) is 16.9. The molecule has 6 nitrogen and oxygen atoms in total. The minimum Gasteiger partial charge on any atom is -0.460 e. The van der Waals surface area contributed by atoms with Crippen LogP contribution in [-0.2, 0) is 17.9 Å². The molecule has 0 aliphatic carbocycles. The average Bonchev–Trinajstić information content (AvgIpc) is 3.22. The topological polar surface area (TPSA) is 56.3 Å². The van der Waals surface area contributed by atoms with E-state index in [1.165, 1.54) is 5.39 Å². The Bertz CT molecular complexity index is 769. The van der Waals surface area contributed by atoms with Gasteiger partial charge >= 0.3 is 0 Å². The largest absolute Gasteiger partial charge is 0.460 e. The first-order chi connectivity index (χ1) is 11.8. The summed E-state index contributed by atoms with van der Waals surface area (Å²) in [7, 11) is 1.68. The molecule has 1 aliphatic rings. The van der Waals surface area contributed by atoms with Gasteiger partial charge in [-0.3, -0.25) is 4.90 Å². The smallest absolute Gasteiger partial charge is 0.134 e. The van der Waals surface area contributed by atoms with Crippen LogP contribution in [0.2, 0.25) is 0 Å². The molecule has 0 unspecified atom stereocenters. The molecular formula is C18H22N4O2. The highest BCUT2D eigenvalue weighted by molar-refractivity contribution is 5.77. The molecule has 0 saturated carbocycles. The lowest BCUT2D eigenvalue weighted by molar-refractivity contribution is 0.163. The average molecular weight is 326 g/mol. The zero-order chi connectivity index (χ0) is 16.4. The van der Waals surface area contributed by atoms with Crippen molar-refractivity contribution in [2.24, 2.45) is 0 Å². The standard InChI is InChI=1S/C18H22N4O2/c1-23-13-15-11-22(20-19-15)16-6-8-21(9-7-16)12-17-10-14-4-2-3-5-18(14)24-17/h2-5,10-11,16H,6-9,12-13H2,1H3. The summed E-state index contributed by atoms with van der Waals surface area (Å²) >= 11 is 0. The Morgan fingerprint density at radius 1 is 1.25 bits per heavy atom. The molecule has 4 rings (SSSR count). The lowest BCUT2D eigenvalue weighted by atomic mass is 10.1. The van der Waals surface area contributed by atoms with Crippen molar-refractivity contribution in [2.75, 3.05) is 20.2 Å². The van der Waals surface area contributed by atoms with Crippen LogP contribution in [0.5, 0.6) is 0 Å². The van der Waals surface area contributed by atoms with Gasteiger partial charge in [-0.25, -0.2) is 4.68 Å². The Hall–Kier alpha value is -2.18. The molecule has 0 N–H and O–H groups in total. The maximum atomic E-state index is 5.93. The number of para-hydroxylation sites is 1. The fraction of sp³-hybridized carbons (Fsp3) is 0.444. The zero-order valence-corrected chi connectivity index (χ0v) is 13.9. The van der Waals surface area contributed by atoms with E-state index in [9.17, 15) is 0 Å². The lowest BCUT2D eigenvalue weighted by Gasteiger charge is -2.31. The van der Waals surface area contributed by atoms with E-state index in [4.69, 9.17) is 9.15 Å². The number of fused-ring (bicyclic) bond motifs is 1. The number of rotatable bonds is 5. The van der Waals surface area contributed by atoms with Crippen molar-refractivity contribution in [1.29, 1.82) is 0 Å². The molecule has 6 heteroatoms. The van der Waals surface area contributed by atoms with Crippen LogP contribution in [-0.4, -0.2) is 40.1 Å². The fourth-order valence-electron chi connectivity index (χ4n) is 3.38. The number of benzene rings is 1. The molecule has 0 spiro atoms. The number of hydrogen-bond acceptors (Lipinski definition) is 5. The second kappa shape index (κ2) is 6.75. The highest BCUT2D eigenvalue weighted by atomic mass is 16.5. The summed E-state index contributed by atoms with van der Waals surface area (Å²) in [5.41, 5.74) is 1.86. The van der Waals surface area contributed by atoms with Gasteiger partial charge in [-0.1, -0.05) is 23.4 Å². The Morgan fingerprint density at radius 3 is 2.88 bits per heavy atom. The molecular weight excluding hydrogens is 304 g/mol. The Kier molecular flexibility index (Phi) is 4.32. The van der Waals surface area contributed by atoms with Crippen LogP contribution in [0, 0.1) is 0 Å². The van der Waals surface area contributed by atoms with Crippen LogP contribution in [0.15, 0.2) is 40.9 Å². The van der Waals surface area contributed by atoms with Crippen molar-refractivity contribution in [1.82, 2.24) is 19.9 Å².